The number of aromatic nitrogens is 1. The molecule has 33 heavy (non-hydrogen) atoms. The fraction of sp³-hybridized carbons (Fsp3) is 0.741. The summed E-state index contributed by atoms with van der Waals surface area (Å²) in [6.07, 6.45) is 4.56. The molecule has 1 aromatic rings. The third-order valence-electron chi connectivity index (χ3n) is 8.84. The molecule has 0 unspecified atom stereocenters. The molecule has 2 aliphatic carbocycles. The first-order valence-corrected chi connectivity index (χ1v) is 18.3. The number of hydrogen-bond donors (Lipinski definition) is 0. The highest BCUT2D eigenvalue weighted by Crippen LogP contribution is 2.52. The van der Waals surface area contributed by atoms with E-state index >= 15 is 0 Å². The van der Waals surface area contributed by atoms with Crippen LogP contribution in [-0.4, -0.2) is 41.4 Å². The van der Waals surface area contributed by atoms with Gasteiger partial charge in [-0.1, -0.05) is 59.3 Å². The molecule has 0 aliphatic heterocycles. The van der Waals surface area contributed by atoms with E-state index in [2.05, 4.69) is 86.8 Å². The zero-order chi connectivity index (χ0) is 25.0. The molecule has 1 aromatic heterocycles. The van der Waals surface area contributed by atoms with Gasteiger partial charge in [0.15, 0.2) is 16.6 Å². The molecule has 186 valence electrons. The third-order valence-corrected chi connectivity index (χ3v) is 17.8. The van der Waals surface area contributed by atoms with Crippen LogP contribution in [0.3, 0.4) is 0 Å². The second-order valence-corrected chi connectivity index (χ2v) is 23.0. The summed E-state index contributed by atoms with van der Waals surface area (Å²) in [6.45, 7) is 26.3. The Labute approximate surface area is 204 Å². The lowest BCUT2D eigenvalue weighted by Gasteiger charge is -2.54. The molecule has 2 bridgehead atoms. The van der Waals surface area contributed by atoms with Crippen LogP contribution in [0.2, 0.25) is 36.3 Å². The lowest BCUT2D eigenvalue weighted by molar-refractivity contribution is 0.0141. The Balaban J connectivity index is 2.16. The van der Waals surface area contributed by atoms with Crippen molar-refractivity contribution >= 4 is 16.6 Å². The Morgan fingerprint density at radius 2 is 1.58 bits per heavy atom. The van der Waals surface area contributed by atoms with Gasteiger partial charge in [0.05, 0.1) is 18.6 Å². The van der Waals surface area contributed by atoms with Gasteiger partial charge in [-0.25, -0.2) is 4.98 Å². The van der Waals surface area contributed by atoms with Crippen molar-refractivity contribution in [3.63, 3.8) is 0 Å². The van der Waals surface area contributed by atoms with E-state index in [0.717, 1.165) is 18.5 Å². The zero-order valence-electron chi connectivity index (χ0n) is 23.2. The van der Waals surface area contributed by atoms with Gasteiger partial charge in [-0.2, -0.15) is 0 Å². The average Bonchev–Trinajstić information content (AvgIpc) is 2.65. The number of methoxy groups -OCH3 is 1. The molecule has 6 heteroatoms. The van der Waals surface area contributed by atoms with Crippen LogP contribution >= 0.6 is 0 Å². The summed E-state index contributed by atoms with van der Waals surface area (Å²) >= 11 is 0. The molecule has 0 aromatic carbocycles. The predicted molar refractivity (Wildman–Crippen MR) is 143 cm³/mol. The quantitative estimate of drug-likeness (QED) is 0.311. The van der Waals surface area contributed by atoms with Crippen LogP contribution in [0.4, 0.5) is 0 Å². The van der Waals surface area contributed by atoms with Crippen molar-refractivity contribution in [2.75, 3.05) is 13.7 Å². The second-order valence-electron chi connectivity index (χ2n) is 13.4. The van der Waals surface area contributed by atoms with Gasteiger partial charge in [-0.15, -0.1) is 0 Å². The van der Waals surface area contributed by atoms with Crippen LogP contribution in [0.5, 0.6) is 5.88 Å². The standard InChI is InChI=1S/C27H47NO3Si2/c1-19-15-20-16-22-21(13-14-23(28-22)29-8)27(17-19,18-30-32(9,10)25(2,3)4)24(20)31-33(11,12)26(5,6)7/h13-14,17,20,24H,15-16,18H2,1-12H3/t20-,24+,27-/m0/s1. The summed E-state index contributed by atoms with van der Waals surface area (Å²) in [4.78, 5) is 4.92. The lowest BCUT2D eigenvalue weighted by atomic mass is 9.60. The van der Waals surface area contributed by atoms with Crippen molar-refractivity contribution in [3.8, 4) is 5.88 Å². The summed E-state index contributed by atoms with van der Waals surface area (Å²) in [6, 6.07) is 4.23. The maximum atomic E-state index is 7.30. The van der Waals surface area contributed by atoms with Gasteiger partial charge in [0.2, 0.25) is 5.88 Å². The number of pyridine rings is 1. The van der Waals surface area contributed by atoms with Crippen molar-refractivity contribution < 1.29 is 13.6 Å². The molecule has 1 heterocycles. The van der Waals surface area contributed by atoms with E-state index in [1.807, 2.05) is 6.07 Å². The second kappa shape index (κ2) is 8.61. The van der Waals surface area contributed by atoms with Crippen LogP contribution in [-0.2, 0) is 20.7 Å². The number of rotatable bonds is 6. The first-order chi connectivity index (χ1) is 14.9. The molecule has 0 fully saturated rings. The van der Waals surface area contributed by atoms with Gasteiger partial charge in [0, 0.05) is 18.4 Å². The summed E-state index contributed by atoms with van der Waals surface area (Å²) in [5.41, 5.74) is 3.54. The summed E-state index contributed by atoms with van der Waals surface area (Å²) in [5, 5.41) is 0.307. The Morgan fingerprint density at radius 3 is 2.12 bits per heavy atom. The van der Waals surface area contributed by atoms with Crippen molar-refractivity contribution in [1.29, 1.82) is 0 Å². The van der Waals surface area contributed by atoms with E-state index < -0.39 is 16.6 Å². The van der Waals surface area contributed by atoms with E-state index in [1.165, 1.54) is 11.1 Å². The molecular weight excluding hydrogens is 442 g/mol. The third kappa shape index (κ3) is 4.91. The molecule has 2 aliphatic rings. The van der Waals surface area contributed by atoms with Gasteiger partial charge < -0.3 is 13.6 Å². The first-order valence-electron chi connectivity index (χ1n) is 12.5. The fourth-order valence-electron chi connectivity index (χ4n) is 4.77. The van der Waals surface area contributed by atoms with Crippen LogP contribution in [0, 0.1) is 5.92 Å². The minimum Gasteiger partial charge on any atom is -0.481 e. The molecule has 0 saturated heterocycles. The number of nitrogens with zero attached hydrogens (tertiary/aromatic N) is 1. The van der Waals surface area contributed by atoms with E-state index in [4.69, 9.17) is 18.6 Å². The largest absolute Gasteiger partial charge is 0.481 e. The Kier molecular flexibility index (Phi) is 6.95. The highest BCUT2D eigenvalue weighted by molar-refractivity contribution is 6.74. The predicted octanol–water partition coefficient (Wildman–Crippen LogP) is 7.26. The van der Waals surface area contributed by atoms with Gasteiger partial charge >= 0.3 is 0 Å². The zero-order valence-corrected chi connectivity index (χ0v) is 25.2. The van der Waals surface area contributed by atoms with E-state index in [1.54, 1.807) is 7.11 Å². The number of allylic oxidation sites excluding steroid dienone is 1. The van der Waals surface area contributed by atoms with Gasteiger partial charge in [-0.05, 0) is 67.5 Å². The van der Waals surface area contributed by atoms with Crippen molar-refractivity contribution in [2.45, 2.75) is 109 Å². The van der Waals surface area contributed by atoms with Crippen LogP contribution < -0.4 is 4.74 Å². The molecule has 4 nitrogen and oxygen atoms in total. The van der Waals surface area contributed by atoms with Gasteiger partial charge in [-0.3, -0.25) is 0 Å². The monoisotopic (exact) mass is 489 g/mol. The molecular formula is C27H47NO3Si2. The average molecular weight is 490 g/mol. The number of ether oxygens (including phenoxy) is 1. The van der Waals surface area contributed by atoms with E-state index in [9.17, 15) is 0 Å². The summed E-state index contributed by atoms with van der Waals surface area (Å²) in [7, 11) is -2.25. The minimum atomic E-state index is -2.00. The van der Waals surface area contributed by atoms with Crippen LogP contribution in [0.1, 0.15) is 66.1 Å². The molecule has 0 radical (unpaired) electrons. The molecule has 0 amide bonds. The van der Waals surface area contributed by atoms with Gasteiger partial charge in [0.25, 0.3) is 0 Å². The van der Waals surface area contributed by atoms with Crippen molar-refractivity contribution in [1.82, 2.24) is 4.98 Å². The Morgan fingerprint density at radius 1 is 0.970 bits per heavy atom. The number of hydrogen-bond acceptors (Lipinski definition) is 4. The molecule has 3 rings (SSSR count). The normalized spacial score (nSPS) is 26.0. The Bertz CT molecular complexity index is 911. The molecule has 3 atom stereocenters. The lowest BCUT2D eigenvalue weighted by Crippen LogP contribution is -2.60. The summed E-state index contributed by atoms with van der Waals surface area (Å²) < 4.78 is 19.8. The van der Waals surface area contributed by atoms with E-state index in [0.29, 0.717) is 18.4 Å². The fourth-order valence-corrected chi connectivity index (χ4v) is 7.19. The number of fused-ring (bicyclic) bond motifs is 4. The SMILES string of the molecule is COc1ccc2c(n1)C[C@@H]1CC(C)=C[C@@]2(CO[Si](C)(C)C(C)(C)C)[C@@H]1O[Si](C)(C)C(C)(C)C. The van der Waals surface area contributed by atoms with Crippen molar-refractivity contribution in [2.24, 2.45) is 5.92 Å². The summed E-state index contributed by atoms with van der Waals surface area (Å²) in [5.74, 6) is 1.09. The Hall–Kier alpha value is -0.956. The molecule has 0 spiro atoms. The maximum absolute atomic E-state index is 7.30. The highest BCUT2D eigenvalue weighted by atomic mass is 28.4. The van der Waals surface area contributed by atoms with Crippen LogP contribution in [0.25, 0.3) is 0 Å². The molecule has 0 saturated carbocycles. The van der Waals surface area contributed by atoms with Crippen molar-refractivity contribution in [3.05, 3.63) is 35.0 Å². The molecule has 0 N–H and O–H groups in total. The van der Waals surface area contributed by atoms with Crippen LogP contribution in [0.15, 0.2) is 23.8 Å². The first kappa shape index (κ1) is 26.6. The smallest absolute Gasteiger partial charge is 0.213 e. The topological polar surface area (TPSA) is 40.6 Å². The highest BCUT2D eigenvalue weighted by Gasteiger charge is 2.55. The van der Waals surface area contributed by atoms with Gasteiger partial charge in [0.1, 0.15) is 0 Å². The maximum Gasteiger partial charge on any atom is 0.213 e. The van der Waals surface area contributed by atoms with E-state index in [-0.39, 0.29) is 21.6 Å². The minimum absolute atomic E-state index is 0.106.